The van der Waals surface area contributed by atoms with E-state index in [-0.39, 0.29) is 0 Å². The Hall–Kier alpha value is -2.06. The summed E-state index contributed by atoms with van der Waals surface area (Å²) >= 11 is 0. The van der Waals surface area contributed by atoms with Crippen molar-refractivity contribution in [2.75, 3.05) is 0 Å². The molecule has 14 heavy (non-hydrogen) atoms. The van der Waals surface area contributed by atoms with Gasteiger partial charge >= 0.3 is 0 Å². The maximum atomic E-state index is 10.0. The van der Waals surface area contributed by atoms with E-state index in [1.165, 1.54) is 12.2 Å². The minimum absolute atomic E-state index is 0.659. The molecular formula is C12H10O2. The predicted molar refractivity (Wildman–Crippen MR) is 55.2 cm³/mol. The molecule has 0 spiro atoms. The van der Waals surface area contributed by atoms with E-state index in [0.29, 0.717) is 23.7 Å². The van der Waals surface area contributed by atoms with E-state index in [1.54, 1.807) is 13.8 Å². The summed E-state index contributed by atoms with van der Waals surface area (Å²) in [5, 5.41) is 0. The molecule has 0 radical (unpaired) electrons. The normalized spacial score (nSPS) is 10.4. The van der Waals surface area contributed by atoms with E-state index < -0.39 is 0 Å². The summed E-state index contributed by atoms with van der Waals surface area (Å²) in [5.41, 5.74) is 1.32. The second kappa shape index (κ2) is 7.58. The van der Waals surface area contributed by atoms with Gasteiger partial charge in [-0.3, -0.25) is 9.59 Å². The zero-order valence-corrected chi connectivity index (χ0v) is 8.13. The molecule has 0 N–H and O–H groups in total. The van der Waals surface area contributed by atoms with Crippen molar-refractivity contribution in [1.82, 2.24) is 0 Å². The molecule has 70 valence electrons. The van der Waals surface area contributed by atoms with Crippen LogP contribution in [0.15, 0.2) is 23.3 Å². The summed E-state index contributed by atoms with van der Waals surface area (Å²) in [6.45, 7) is 3.44. The van der Waals surface area contributed by atoms with Gasteiger partial charge < -0.3 is 0 Å². The third-order valence-corrected chi connectivity index (χ3v) is 1.22. The number of aldehydes is 2. The number of carbonyl (C=O) groups excluding carboxylic acids is 2. The van der Waals surface area contributed by atoms with Crippen LogP contribution in [0.4, 0.5) is 0 Å². The van der Waals surface area contributed by atoms with E-state index >= 15 is 0 Å². The average molecular weight is 186 g/mol. The van der Waals surface area contributed by atoms with Crippen molar-refractivity contribution in [1.29, 1.82) is 0 Å². The number of hydrogen-bond acceptors (Lipinski definition) is 2. The van der Waals surface area contributed by atoms with Crippen LogP contribution in [-0.2, 0) is 9.59 Å². The first-order chi connectivity index (χ1) is 6.70. The lowest BCUT2D eigenvalue weighted by molar-refractivity contribution is -0.104. The van der Waals surface area contributed by atoms with Crippen LogP contribution in [-0.4, -0.2) is 12.6 Å². The highest BCUT2D eigenvalue weighted by Gasteiger charge is 1.77. The zero-order valence-electron chi connectivity index (χ0n) is 8.13. The van der Waals surface area contributed by atoms with Crippen molar-refractivity contribution in [3.63, 3.8) is 0 Å². The van der Waals surface area contributed by atoms with Gasteiger partial charge in [0.2, 0.25) is 0 Å². The lowest BCUT2D eigenvalue weighted by Crippen LogP contribution is -1.71. The Morgan fingerprint density at radius 2 is 1.21 bits per heavy atom. The highest BCUT2D eigenvalue weighted by Crippen LogP contribution is 1.86. The molecule has 2 nitrogen and oxygen atoms in total. The summed E-state index contributed by atoms with van der Waals surface area (Å²) in [6.07, 6.45) is 4.08. The molecule has 0 unspecified atom stereocenters. The Bertz CT molecular complexity index is 350. The van der Waals surface area contributed by atoms with Crippen molar-refractivity contribution in [2.45, 2.75) is 13.8 Å². The van der Waals surface area contributed by atoms with Crippen molar-refractivity contribution in [3.8, 4) is 23.7 Å². The highest BCUT2D eigenvalue weighted by molar-refractivity contribution is 5.68. The maximum absolute atomic E-state index is 10.0. The molecule has 0 atom stereocenters. The highest BCUT2D eigenvalue weighted by atomic mass is 16.1. The van der Waals surface area contributed by atoms with Crippen LogP contribution >= 0.6 is 0 Å². The van der Waals surface area contributed by atoms with Gasteiger partial charge in [-0.1, -0.05) is 11.8 Å². The lowest BCUT2D eigenvalue weighted by Gasteiger charge is -1.78. The Morgan fingerprint density at radius 1 is 0.857 bits per heavy atom. The van der Waals surface area contributed by atoms with E-state index in [2.05, 4.69) is 23.7 Å². The quantitative estimate of drug-likeness (QED) is 0.370. The van der Waals surface area contributed by atoms with Gasteiger partial charge in [-0.15, -0.1) is 0 Å². The SMILES string of the molecule is CC(C#CC#CC(C)=CC=O)=CC=O. The number of hydrogen-bond donors (Lipinski definition) is 0. The predicted octanol–water partition coefficient (Wildman–Crippen LogP) is 1.28. The minimum atomic E-state index is 0.659. The Labute approximate surface area is 83.7 Å². The second-order valence-corrected chi connectivity index (χ2v) is 2.47. The largest absolute Gasteiger partial charge is 0.299 e. The molecule has 0 amide bonds. The van der Waals surface area contributed by atoms with Crippen LogP contribution in [0.5, 0.6) is 0 Å². The fourth-order valence-corrected chi connectivity index (χ4v) is 0.547. The van der Waals surface area contributed by atoms with Crippen LogP contribution in [0.1, 0.15) is 13.8 Å². The molecule has 0 aliphatic rings. The molecule has 0 aromatic heterocycles. The van der Waals surface area contributed by atoms with E-state index in [4.69, 9.17) is 0 Å². The lowest BCUT2D eigenvalue weighted by atomic mass is 10.3. The van der Waals surface area contributed by atoms with Gasteiger partial charge in [0, 0.05) is 11.1 Å². The molecule has 0 aliphatic carbocycles. The van der Waals surface area contributed by atoms with E-state index in [9.17, 15) is 9.59 Å². The molecule has 0 rings (SSSR count). The summed E-state index contributed by atoms with van der Waals surface area (Å²) in [6, 6.07) is 0. The first-order valence-electron chi connectivity index (χ1n) is 3.97. The molecule has 0 saturated carbocycles. The minimum Gasteiger partial charge on any atom is -0.299 e. The molecular weight excluding hydrogens is 176 g/mol. The van der Waals surface area contributed by atoms with Crippen LogP contribution < -0.4 is 0 Å². The average Bonchev–Trinajstić information content (AvgIpc) is 2.13. The molecule has 0 aliphatic heterocycles. The summed E-state index contributed by atoms with van der Waals surface area (Å²) in [4.78, 5) is 20.0. The summed E-state index contributed by atoms with van der Waals surface area (Å²) < 4.78 is 0. The smallest absolute Gasteiger partial charge is 0.143 e. The summed E-state index contributed by atoms with van der Waals surface area (Å²) in [5.74, 6) is 10.5. The molecule has 0 fully saturated rings. The third-order valence-electron chi connectivity index (χ3n) is 1.22. The van der Waals surface area contributed by atoms with Crippen molar-refractivity contribution in [3.05, 3.63) is 23.3 Å². The van der Waals surface area contributed by atoms with E-state index in [1.807, 2.05) is 0 Å². The number of carbonyl (C=O) groups is 2. The van der Waals surface area contributed by atoms with Crippen LogP contribution in [0.25, 0.3) is 0 Å². The molecule has 0 aromatic rings. The molecule has 0 saturated heterocycles. The molecule has 2 heteroatoms. The topological polar surface area (TPSA) is 34.1 Å². The van der Waals surface area contributed by atoms with Crippen molar-refractivity contribution < 1.29 is 9.59 Å². The Kier molecular flexibility index (Phi) is 6.47. The van der Waals surface area contributed by atoms with Gasteiger partial charge in [-0.2, -0.15) is 0 Å². The maximum Gasteiger partial charge on any atom is 0.143 e. The number of rotatable bonds is 2. The molecule has 0 bridgehead atoms. The van der Waals surface area contributed by atoms with Crippen LogP contribution in [0.2, 0.25) is 0 Å². The van der Waals surface area contributed by atoms with Gasteiger partial charge in [-0.05, 0) is 37.8 Å². The van der Waals surface area contributed by atoms with Crippen LogP contribution in [0.3, 0.4) is 0 Å². The third kappa shape index (κ3) is 6.64. The fourth-order valence-electron chi connectivity index (χ4n) is 0.547. The van der Waals surface area contributed by atoms with Gasteiger partial charge in [-0.25, -0.2) is 0 Å². The van der Waals surface area contributed by atoms with Gasteiger partial charge in [0.1, 0.15) is 12.6 Å². The zero-order chi connectivity index (χ0) is 10.8. The second-order valence-electron chi connectivity index (χ2n) is 2.47. The number of allylic oxidation sites excluding steroid dienone is 4. The van der Waals surface area contributed by atoms with Gasteiger partial charge in [0.25, 0.3) is 0 Å². The first kappa shape index (κ1) is 11.9. The van der Waals surface area contributed by atoms with Crippen molar-refractivity contribution in [2.24, 2.45) is 0 Å². The molecule has 0 aromatic carbocycles. The van der Waals surface area contributed by atoms with E-state index in [0.717, 1.165) is 0 Å². The monoisotopic (exact) mass is 186 g/mol. The Morgan fingerprint density at radius 3 is 1.50 bits per heavy atom. The fraction of sp³-hybridized carbons (Fsp3) is 0.167. The Balaban J connectivity index is 4.42. The van der Waals surface area contributed by atoms with Gasteiger partial charge in [0.05, 0.1) is 0 Å². The van der Waals surface area contributed by atoms with Crippen molar-refractivity contribution >= 4 is 12.6 Å². The van der Waals surface area contributed by atoms with Crippen LogP contribution in [0, 0.1) is 23.7 Å². The standard InChI is InChI=1S/C12H10O2/c1-11(7-9-13)5-3-4-6-12(2)8-10-14/h7-10H,1-2H3. The first-order valence-corrected chi connectivity index (χ1v) is 3.97. The molecule has 0 heterocycles. The summed E-state index contributed by atoms with van der Waals surface area (Å²) in [7, 11) is 0. The van der Waals surface area contributed by atoms with Gasteiger partial charge in [0.15, 0.2) is 0 Å².